The molecule has 1 aromatic heterocycles. The first-order valence-corrected chi connectivity index (χ1v) is 16.1. The van der Waals surface area contributed by atoms with Gasteiger partial charge in [0.2, 0.25) is 0 Å². The third-order valence-corrected chi connectivity index (χ3v) is 8.39. The lowest BCUT2D eigenvalue weighted by atomic mass is 9.95. The maximum atomic E-state index is 14.2. The van der Waals surface area contributed by atoms with E-state index in [2.05, 4.69) is 9.73 Å². The molecule has 3 aromatic carbocycles. The number of hydrogen-bond donors (Lipinski definition) is 0. The van der Waals surface area contributed by atoms with Crippen molar-refractivity contribution in [1.29, 1.82) is 0 Å². The molecule has 47 heavy (non-hydrogen) atoms. The highest BCUT2D eigenvalue weighted by Crippen LogP contribution is 2.36. The molecule has 0 N–H and O–H groups in total. The van der Waals surface area contributed by atoms with Crippen LogP contribution in [0.1, 0.15) is 43.5 Å². The van der Waals surface area contributed by atoms with E-state index in [1.54, 1.807) is 56.3 Å². The third-order valence-electron chi connectivity index (χ3n) is 7.17. The van der Waals surface area contributed by atoms with Gasteiger partial charge in [-0.25, -0.2) is 14.6 Å². The third kappa shape index (κ3) is 7.58. The van der Waals surface area contributed by atoms with Gasteiger partial charge in [-0.1, -0.05) is 59.3 Å². The van der Waals surface area contributed by atoms with Crippen LogP contribution in [-0.2, 0) is 25.7 Å². The van der Waals surface area contributed by atoms with Crippen molar-refractivity contribution in [1.82, 2.24) is 4.57 Å². The van der Waals surface area contributed by atoms with Crippen molar-refractivity contribution in [3.8, 4) is 17.2 Å². The summed E-state index contributed by atoms with van der Waals surface area (Å²) in [5.74, 6) is 0.0281. The van der Waals surface area contributed by atoms with E-state index in [9.17, 15) is 14.4 Å². The van der Waals surface area contributed by atoms with Gasteiger partial charge in [0.1, 0.15) is 12.4 Å². The first-order valence-electron chi connectivity index (χ1n) is 14.9. The van der Waals surface area contributed by atoms with Crippen molar-refractivity contribution in [2.45, 2.75) is 33.4 Å². The number of methoxy groups -OCH3 is 1. The van der Waals surface area contributed by atoms with Crippen LogP contribution in [0.2, 0.25) is 5.02 Å². The minimum Gasteiger partial charge on any atom is -0.490 e. The van der Waals surface area contributed by atoms with Gasteiger partial charge in [0.15, 0.2) is 22.9 Å². The highest BCUT2D eigenvalue weighted by molar-refractivity contribution is 7.07. The summed E-state index contributed by atoms with van der Waals surface area (Å²) in [7, 11) is 1.27. The summed E-state index contributed by atoms with van der Waals surface area (Å²) < 4.78 is 29.5. The van der Waals surface area contributed by atoms with Gasteiger partial charge in [0, 0.05) is 10.6 Å². The average Bonchev–Trinajstić information content (AvgIpc) is 3.37. The Labute approximate surface area is 280 Å². The van der Waals surface area contributed by atoms with Crippen LogP contribution in [0.25, 0.3) is 6.08 Å². The van der Waals surface area contributed by atoms with Crippen molar-refractivity contribution in [3.05, 3.63) is 119 Å². The number of ether oxygens (including phenoxy) is 5. The van der Waals surface area contributed by atoms with Crippen LogP contribution >= 0.6 is 22.9 Å². The summed E-state index contributed by atoms with van der Waals surface area (Å²) >= 11 is 7.55. The summed E-state index contributed by atoms with van der Waals surface area (Å²) in [6.07, 6.45) is 1.71. The fraction of sp³-hybridized carbons (Fsp3) is 0.257. The van der Waals surface area contributed by atoms with E-state index in [0.717, 1.165) is 5.56 Å². The van der Waals surface area contributed by atoms with Gasteiger partial charge in [-0.3, -0.25) is 9.36 Å². The minimum atomic E-state index is -0.894. The van der Waals surface area contributed by atoms with Crippen LogP contribution in [0.5, 0.6) is 17.2 Å². The molecular formula is C35H33ClN2O8S. The topological polar surface area (TPSA) is 115 Å². The molecule has 0 radical (unpaired) electrons. The molecule has 4 aromatic rings. The molecule has 244 valence electrons. The Balaban J connectivity index is 1.63. The predicted molar refractivity (Wildman–Crippen MR) is 178 cm³/mol. The first kappa shape index (κ1) is 33.5. The smallest absolute Gasteiger partial charge is 0.343 e. The number of esters is 2. The second kappa shape index (κ2) is 15.1. The van der Waals surface area contributed by atoms with E-state index < -0.39 is 18.0 Å². The average molecular weight is 677 g/mol. The van der Waals surface area contributed by atoms with E-state index in [-0.39, 0.29) is 24.3 Å². The van der Waals surface area contributed by atoms with E-state index in [4.69, 9.17) is 30.5 Å². The van der Waals surface area contributed by atoms with Gasteiger partial charge >= 0.3 is 11.9 Å². The lowest BCUT2D eigenvalue weighted by Crippen LogP contribution is -2.40. The van der Waals surface area contributed by atoms with Crippen molar-refractivity contribution in [3.63, 3.8) is 0 Å². The molecule has 10 nitrogen and oxygen atoms in total. The fourth-order valence-electron chi connectivity index (χ4n) is 5.02. The molecule has 0 spiro atoms. The highest BCUT2D eigenvalue weighted by atomic mass is 35.5. The van der Waals surface area contributed by atoms with Gasteiger partial charge in [-0.05, 0) is 68.3 Å². The number of hydrogen-bond acceptors (Lipinski definition) is 10. The van der Waals surface area contributed by atoms with Crippen LogP contribution in [0.4, 0.5) is 0 Å². The Morgan fingerprint density at radius 2 is 1.72 bits per heavy atom. The largest absolute Gasteiger partial charge is 0.490 e. The molecular weight excluding hydrogens is 644 g/mol. The van der Waals surface area contributed by atoms with Crippen LogP contribution < -0.4 is 29.1 Å². The van der Waals surface area contributed by atoms with E-state index in [1.807, 2.05) is 37.3 Å². The summed E-state index contributed by atoms with van der Waals surface area (Å²) in [5.41, 5.74) is 2.42. The molecule has 1 aliphatic rings. The summed E-state index contributed by atoms with van der Waals surface area (Å²) in [6, 6.07) is 19.1. The van der Waals surface area contributed by atoms with Crippen molar-refractivity contribution in [2.75, 3.05) is 26.9 Å². The Morgan fingerprint density at radius 3 is 2.45 bits per heavy atom. The number of halogens is 1. The number of allylic oxidation sites excluding steroid dienone is 1. The number of aromatic nitrogens is 1. The molecule has 0 amide bonds. The molecule has 0 fully saturated rings. The highest BCUT2D eigenvalue weighted by Gasteiger charge is 2.34. The number of rotatable bonds is 12. The van der Waals surface area contributed by atoms with Gasteiger partial charge < -0.3 is 23.7 Å². The van der Waals surface area contributed by atoms with Gasteiger partial charge in [-0.15, -0.1) is 0 Å². The molecule has 1 aliphatic heterocycles. The summed E-state index contributed by atoms with van der Waals surface area (Å²) in [6.45, 7) is 5.67. The molecule has 0 bridgehead atoms. The normalized spacial score (nSPS) is 14.2. The molecule has 0 saturated carbocycles. The van der Waals surface area contributed by atoms with E-state index in [0.29, 0.717) is 61.6 Å². The number of benzene rings is 3. The molecule has 0 saturated heterocycles. The lowest BCUT2D eigenvalue weighted by Gasteiger charge is -2.25. The molecule has 2 heterocycles. The SMILES string of the molecule is CCOC(=O)C1=C(C)N=c2s/c(=C/c3cc(Cl)ccc3OCc3ccccc3)c(=O)n2[C@H]1c1ccc(OCC(=O)OC)c(OCC)c1. The van der Waals surface area contributed by atoms with Crippen LogP contribution in [0, 0.1) is 0 Å². The quantitative estimate of drug-likeness (QED) is 0.193. The molecule has 0 unspecified atom stereocenters. The van der Waals surface area contributed by atoms with E-state index in [1.165, 1.54) is 23.0 Å². The number of fused-ring (bicyclic) bond motifs is 1. The summed E-state index contributed by atoms with van der Waals surface area (Å²) in [4.78, 5) is 44.4. The van der Waals surface area contributed by atoms with Gasteiger partial charge in [0.25, 0.3) is 5.56 Å². The maximum Gasteiger partial charge on any atom is 0.343 e. The Kier molecular flexibility index (Phi) is 10.8. The monoisotopic (exact) mass is 676 g/mol. The second-order valence-electron chi connectivity index (χ2n) is 10.3. The summed E-state index contributed by atoms with van der Waals surface area (Å²) in [5, 5.41) is 0.479. The number of thiazole rings is 1. The van der Waals surface area contributed by atoms with Crippen molar-refractivity contribution >= 4 is 41.0 Å². The number of carbonyl (C=O) groups excluding carboxylic acids is 2. The first-order chi connectivity index (χ1) is 22.7. The van der Waals surface area contributed by atoms with Gasteiger partial charge in [0.05, 0.1) is 42.2 Å². The fourth-order valence-corrected chi connectivity index (χ4v) is 6.24. The lowest BCUT2D eigenvalue weighted by molar-refractivity contribution is -0.143. The van der Waals surface area contributed by atoms with Crippen LogP contribution in [0.3, 0.4) is 0 Å². The van der Waals surface area contributed by atoms with Crippen LogP contribution in [-0.4, -0.2) is 43.4 Å². The number of carbonyl (C=O) groups is 2. The van der Waals surface area contributed by atoms with E-state index >= 15 is 0 Å². The number of nitrogens with zero attached hydrogens (tertiary/aromatic N) is 2. The Bertz CT molecular complexity index is 2000. The van der Waals surface area contributed by atoms with Crippen molar-refractivity contribution < 1.29 is 33.3 Å². The molecule has 12 heteroatoms. The zero-order valence-corrected chi connectivity index (χ0v) is 27.9. The van der Waals surface area contributed by atoms with Crippen LogP contribution in [0.15, 0.2) is 87.8 Å². The molecule has 0 aliphatic carbocycles. The standard InChI is InChI=1S/C35H33ClN2O8S/c1-5-43-28-17-23(12-14-27(28)46-20-30(39)42-4)32-31(34(41)44-6-2)21(3)37-35-38(32)33(40)29(47-35)18-24-16-25(36)13-15-26(24)45-19-22-10-8-7-9-11-22/h7-18,32H,5-6,19-20H2,1-4H3/b29-18+/t32-/m0/s1. The Morgan fingerprint density at radius 1 is 0.957 bits per heavy atom. The Hall–Kier alpha value is -4.87. The maximum absolute atomic E-state index is 14.2. The van der Waals surface area contributed by atoms with Crippen molar-refractivity contribution in [2.24, 2.45) is 4.99 Å². The zero-order chi connectivity index (χ0) is 33.5. The second-order valence-corrected chi connectivity index (χ2v) is 11.7. The van der Waals surface area contributed by atoms with Gasteiger partial charge in [-0.2, -0.15) is 0 Å². The molecule has 5 rings (SSSR count). The predicted octanol–water partition coefficient (Wildman–Crippen LogP) is 4.98. The minimum absolute atomic E-state index is 0.137. The zero-order valence-electron chi connectivity index (χ0n) is 26.3. The molecule has 1 atom stereocenters.